The maximum absolute atomic E-state index is 6.22. The topological polar surface area (TPSA) is 70.3 Å². The van der Waals surface area contributed by atoms with Crippen LogP contribution in [0, 0.1) is 0 Å². The van der Waals surface area contributed by atoms with E-state index in [9.17, 15) is 0 Å². The highest BCUT2D eigenvalue weighted by Gasteiger charge is 2.23. The van der Waals surface area contributed by atoms with Crippen LogP contribution in [0.4, 0.5) is 0 Å². The number of fused-ring (bicyclic) bond motifs is 1. The summed E-state index contributed by atoms with van der Waals surface area (Å²) in [6, 6.07) is 1.81. The Balaban J connectivity index is 2.10. The summed E-state index contributed by atoms with van der Waals surface area (Å²) in [5, 5.41) is 2.17. The van der Waals surface area contributed by atoms with E-state index >= 15 is 0 Å². The van der Waals surface area contributed by atoms with E-state index in [-0.39, 0.29) is 6.10 Å². The average molecular weight is 308 g/mol. The number of nitrogens with zero attached hydrogens (tertiary/aromatic N) is 2. The molecule has 2 aromatic rings. The molecule has 1 fully saturated rings. The Morgan fingerprint density at radius 3 is 2.81 bits per heavy atom. The summed E-state index contributed by atoms with van der Waals surface area (Å²) >= 11 is 6.03. The molecule has 0 aliphatic carbocycles. The Morgan fingerprint density at radius 2 is 2.14 bits per heavy atom. The largest absolute Gasteiger partial charge is 0.471 e. The van der Waals surface area contributed by atoms with Crippen LogP contribution >= 0.6 is 11.6 Å². The lowest BCUT2D eigenvalue weighted by atomic mass is 9.93. The van der Waals surface area contributed by atoms with Crippen LogP contribution in [0.3, 0.4) is 0 Å². The molecule has 1 saturated heterocycles. The lowest BCUT2D eigenvalue weighted by Gasteiger charge is -2.22. The van der Waals surface area contributed by atoms with Crippen molar-refractivity contribution in [3.8, 4) is 5.88 Å². The molecule has 1 aliphatic rings. The second-order valence-corrected chi connectivity index (χ2v) is 6.24. The Labute approximate surface area is 128 Å². The molecular weight excluding hydrogens is 290 g/mol. The highest BCUT2D eigenvalue weighted by atomic mass is 35.5. The molecule has 2 N–H and O–H groups in total. The smallest absolute Gasteiger partial charge is 0.223 e. The molecule has 0 unspecified atom stereocenters. The van der Waals surface area contributed by atoms with Gasteiger partial charge in [0.05, 0.1) is 18.6 Å². The number of hydrogen-bond acceptors (Lipinski definition) is 5. The molecule has 6 heteroatoms. The highest BCUT2D eigenvalue weighted by molar-refractivity contribution is 6.30. The minimum atomic E-state index is -0.523. The number of hydrogen-bond donors (Lipinski definition) is 1. The van der Waals surface area contributed by atoms with Crippen molar-refractivity contribution in [1.29, 1.82) is 0 Å². The minimum absolute atomic E-state index is 0.0353. The third-order valence-corrected chi connectivity index (χ3v) is 3.77. The van der Waals surface area contributed by atoms with Gasteiger partial charge in [-0.05, 0) is 30.9 Å². The van der Waals surface area contributed by atoms with Gasteiger partial charge in [0, 0.05) is 24.4 Å². The van der Waals surface area contributed by atoms with Gasteiger partial charge in [-0.15, -0.1) is 0 Å². The van der Waals surface area contributed by atoms with E-state index < -0.39 is 5.54 Å². The number of nitrogens with two attached hydrogens (primary N) is 1. The van der Waals surface area contributed by atoms with E-state index in [2.05, 4.69) is 9.97 Å². The fourth-order valence-electron chi connectivity index (χ4n) is 2.46. The van der Waals surface area contributed by atoms with E-state index in [4.69, 9.17) is 26.8 Å². The first-order valence-electron chi connectivity index (χ1n) is 6.93. The third kappa shape index (κ3) is 2.95. The second-order valence-electron chi connectivity index (χ2n) is 5.85. The lowest BCUT2D eigenvalue weighted by molar-refractivity contribution is 0.139. The van der Waals surface area contributed by atoms with Crippen LogP contribution in [0.25, 0.3) is 10.8 Å². The van der Waals surface area contributed by atoms with Crippen molar-refractivity contribution in [3.63, 3.8) is 0 Å². The molecule has 0 spiro atoms. The van der Waals surface area contributed by atoms with Gasteiger partial charge in [-0.25, -0.2) is 9.97 Å². The standard InChI is InChI=1S/C15H18ClN3O2/c1-15(2,17)12-7-19-14(21-9-3-4-20-8-9)11-6-18-13(16)5-10(11)12/h5-7,9H,3-4,8,17H2,1-2H3/t9-/m0/s1. The number of aromatic nitrogens is 2. The summed E-state index contributed by atoms with van der Waals surface area (Å²) in [6.45, 7) is 5.18. The van der Waals surface area contributed by atoms with Gasteiger partial charge < -0.3 is 15.2 Å². The lowest BCUT2D eigenvalue weighted by Crippen LogP contribution is -2.29. The van der Waals surface area contributed by atoms with Crippen molar-refractivity contribution in [2.45, 2.75) is 31.9 Å². The zero-order valence-electron chi connectivity index (χ0n) is 12.1. The molecule has 1 aliphatic heterocycles. The van der Waals surface area contributed by atoms with Crippen molar-refractivity contribution < 1.29 is 9.47 Å². The molecule has 3 rings (SSSR count). The summed E-state index contributed by atoms with van der Waals surface area (Å²) in [6.07, 6.45) is 4.34. The number of ether oxygens (including phenoxy) is 2. The minimum Gasteiger partial charge on any atom is -0.471 e. The number of rotatable bonds is 3. The van der Waals surface area contributed by atoms with Crippen LogP contribution in [-0.2, 0) is 10.3 Å². The van der Waals surface area contributed by atoms with E-state index in [0.29, 0.717) is 17.6 Å². The molecule has 0 bridgehead atoms. The maximum atomic E-state index is 6.22. The molecule has 0 amide bonds. The normalized spacial score (nSPS) is 19.1. The second kappa shape index (κ2) is 5.40. The zero-order valence-corrected chi connectivity index (χ0v) is 12.9. The first-order chi connectivity index (χ1) is 9.95. The summed E-state index contributed by atoms with van der Waals surface area (Å²) in [7, 11) is 0. The predicted octanol–water partition coefficient (Wildman–Crippen LogP) is 2.64. The van der Waals surface area contributed by atoms with E-state index in [1.165, 1.54) is 0 Å². The fraction of sp³-hybridized carbons (Fsp3) is 0.467. The number of halogens is 1. The van der Waals surface area contributed by atoms with Crippen LogP contribution in [0.15, 0.2) is 18.5 Å². The van der Waals surface area contributed by atoms with Crippen LogP contribution in [-0.4, -0.2) is 29.3 Å². The van der Waals surface area contributed by atoms with Gasteiger partial charge in [0.2, 0.25) is 5.88 Å². The van der Waals surface area contributed by atoms with Gasteiger partial charge in [0.25, 0.3) is 0 Å². The Hall–Kier alpha value is -1.43. The summed E-state index contributed by atoms with van der Waals surface area (Å²) in [5.74, 6) is 0.553. The van der Waals surface area contributed by atoms with Crippen LogP contribution in [0.2, 0.25) is 5.15 Å². The molecule has 112 valence electrons. The van der Waals surface area contributed by atoms with Gasteiger partial charge >= 0.3 is 0 Å². The Kier molecular flexibility index (Phi) is 3.73. The van der Waals surface area contributed by atoms with Gasteiger partial charge in [-0.1, -0.05) is 11.6 Å². The summed E-state index contributed by atoms with van der Waals surface area (Å²) in [4.78, 5) is 8.56. The maximum Gasteiger partial charge on any atom is 0.223 e. The first-order valence-corrected chi connectivity index (χ1v) is 7.31. The molecule has 21 heavy (non-hydrogen) atoms. The van der Waals surface area contributed by atoms with Crippen molar-refractivity contribution >= 4 is 22.4 Å². The van der Waals surface area contributed by atoms with Crippen molar-refractivity contribution in [3.05, 3.63) is 29.2 Å². The van der Waals surface area contributed by atoms with Crippen LogP contribution < -0.4 is 10.5 Å². The third-order valence-electron chi connectivity index (χ3n) is 3.56. The Bertz CT molecular complexity index is 664. The van der Waals surface area contributed by atoms with Gasteiger partial charge in [-0.2, -0.15) is 0 Å². The van der Waals surface area contributed by atoms with E-state index in [0.717, 1.165) is 29.4 Å². The van der Waals surface area contributed by atoms with Gasteiger partial charge in [0.1, 0.15) is 11.3 Å². The molecular formula is C15H18ClN3O2. The molecule has 2 aromatic heterocycles. The van der Waals surface area contributed by atoms with Gasteiger partial charge in [0.15, 0.2) is 0 Å². The average Bonchev–Trinajstić information content (AvgIpc) is 2.90. The van der Waals surface area contributed by atoms with Crippen molar-refractivity contribution in [2.24, 2.45) is 5.73 Å². The molecule has 5 nitrogen and oxygen atoms in total. The summed E-state index contributed by atoms with van der Waals surface area (Å²) < 4.78 is 11.3. The number of pyridine rings is 2. The molecule has 1 atom stereocenters. The van der Waals surface area contributed by atoms with Crippen LogP contribution in [0.1, 0.15) is 25.8 Å². The van der Waals surface area contributed by atoms with E-state index in [1.54, 1.807) is 18.5 Å². The van der Waals surface area contributed by atoms with Gasteiger partial charge in [-0.3, -0.25) is 0 Å². The quantitative estimate of drug-likeness (QED) is 0.883. The Morgan fingerprint density at radius 1 is 1.33 bits per heavy atom. The molecule has 0 aromatic carbocycles. The predicted molar refractivity (Wildman–Crippen MR) is 81.6 cm³/mol. The van der Waals surface area contributed by atoms with Crippen LogP contribution in [0.5, 0.6) is 5.88 Å². The summed E-state index contributed by atoms with van der Waals surface area (Å²) in [5.41, 5.74) is 6.61. The monoisotopic (exact) mass is 307 g/mol. The first kappa shape index (κ1) is 14.5. The van der Waals surface area contributed by atoms with Crippen molar-refractivity contribution in [1.82, 2.24) is 9.97 Å². The molecule has 0 saturated carbocycles. The highest BCUT2D eigenvalue weighted by Crippen LogP contribution is 2.32. The SMILES string of the molecule is CC(C)(N)c1cnc(O[C@H]2CCOC2)c2cnc(Cl)cc12. The van der Waals surface area contributed by atoms with Crippen molar-refractivity contribution in [2.75, 3.05) is 13.2 Å². The zero-order chi connectivity index (χ0) is 15.0. The molecule has 3 heterocycles. The molecule has 0 radical (unpaired) electrons. The van der Waals surface area contributed by atoms with E-state index in [1.807, 2.05) is 13.8 Å². The fourth-order valence-corrected chi connectivity index (χ4v) is 2.61.